The summed E-state index contributed by atoms with van der Waals surface area (Å²) in [6.07, 6.45) is 5.61. The predicted octanol–water partition coefficient (Wildman–Crippen LogP) is 2.83. The second-order valence-electron chi connectivity index (χ2n) is 5.36. The molecule has 1 fully saturated rings. The lowest BCUT2D eigenvalue weighted by molar-refractivity contribution is 0.0764. The summed E-state index contributed by atoms with van der Waals surface area (Å²) < 4.78 is 5.77. The first kappa shape index (κ1) is 13.0. The molecule has 0 amide bonds. The van der Waals surface area contributed by atoms with E-state index in [0.717, 1.165) is 25.7 Å². The molecular formula is C13H27NO. The molecule has 1 unspecified atom stereocenters. The fourth-order valence-corrected chi connectivity index (χ4v) is 2.11. The van der Waals surface area contributed by atoms with E-state index in [1.165, 1.54) is 25.7 Å². The largest absolute Gasteiger partial charge is 0.381 e. The van der Waals surface area contributed by atoms with Crippen LogP contribution in [0.25, 0.3) is 0 Å². The quantitative estimate of drug-likeness (QED) is 0.702. The highest BCUT2D eigenvalue weighted by molar-refractivity contribution is 4.67. The number of ether oxygens (including phenoxy) is 1. The van der Waals surface area contributed by atoms with Crippen LogP contribution in [-0.4, -0.2) is 25.8 Å². The van der Waals surface area contributed by atoms with Crippen LogP contribution in [0.5, 0.6) is 0 Å². The van der Waals surface area contributed by atoms with Gasteiger partial charge in [-0.05, 0) is 24.7 Å². The van der Waals surface area contributed by atoms with E-state index in [4.69, 9.17) is 4.74 Å². The minimum atomic E-state index is 0.585. The van der Waals surface area contributed by atoms with Gasteiger partial charge in [0.15, 0.2) is 0 Å². The minimum absolute atomic E-state index is 0.585. The van der Waals surface area contributed by atoms with E-state index in [1.807, 2.05) is 0 Å². The SMILES string of the molecule is CC(CNC(C)C)COCC1CCCC1. The molecular weight excluding hydrogens is 186 g/mol. The van der Waals surface area contributed by atoms with Crippen molar-refractivity contribution in [2.45, 2.75) is 52.5 Å². The molecule has 0 spiro atoms. The fourth-order valence-electron chi connectivity index (χ4n) is 2.11. The topological polar surface area (TPSA) is 21.3 Å². The van der Waals surface area contributed by atoms with E-state index in [9.17, 15) is 0 Å². The van der Waals surface area contributed by atoms with Crippen LogP contribution in [0.4, 0.5) is 0 Å². The molecule has 90 valence electrons. The Morgan fingerprint density at radius 2 is 1.87 bits per heavy atom. The first-order valence-corrected chi connectivity index (χ1v) is 6.49. The minimum Gasteiger partial charge on any atom is -0.381 e. The Kier molecular flexibility index (Phi) is 6.26. The van der Waals surface area contributed by atoms with Crippen molar-refractivity contribution in [1.29, 1.82) is 0 Å². The van der Waals surface area contributed by atoms with Gasteiger partial charge in [-0.15, -0.1) is 0 Å². The summed E-state index contributed by atoms with van der Waals surface area (Å²) in [4.78, 5) is 0. The summed E-state index contributed by atoms with van der Waals surface area (Å²) in [5.74, 6) is 1.49. The average molecular weight is 213 g/mol. The monoisotopic (exact) mass is 213 g/mol. The van der Waals surface area contributed by atoms with Crippen molar-refractivity contribution in [2.75, 3.05) is 19.8 Å². The lowest BCUT2D eigenvalue weighted by Gasteiger charge is -2.16. The Hall–Kier alpha value is -0.0800. The highest BCUT2D eigenvalue weighted by Crippen LogP contribution is 2.24. The molecule has 1 N–H and O–H groups in total. The van der Waals surface area contributed by atoms with Crippen LogP contribution in [0.1, 0.15) is 46.5 Å². The van der Waals surface area contributed by atoms with Crippen molar-refractivity contribution in [3.8, 4) is 0 Å². The van der Waals surface area contributed by atoms with Crippen LogP contribution in [0.2, 0.25) is 0 Å². The van der Waals surface area contributed by atoms with Gasteiger partial charge in [0.2, 0.25) is 0 Å². The van der Waals surface area contributed by atoms with Crippen LogP contribution in [0.3, 0.4) is 0 Å². The molecule has 15 heavy (non-hydrogen) atoms. The zero-order chi connectivity index (χ0) is 11.1. The third-order valence-corrected chi connectivity index (χ3v) is 3.11. The van der Waals surface area contributed by atoms with E-state index in [2.05, 4.69) is 26.1 Å². The molecule has 1 saturated carbocycles. The van der Waals surface area contributed by atoms with Crippen LogP contribution in [0, 0.1) is 11.8 Å². The molecule has 0 heterocycles. The molecule has 1 rings (SSSR count). The summed E-state index contributed by atoms with van der Waals surface area (Å²) in [6, 6.07) is 0.585. The maximum atomic E-state index is 5.77. The standard InChI is InChI=1S/C13H27NO/c1-11(2)14-8-12(3)9-15-10-13-6-4-5-7-13/h11-14H,4-10H2,1-3H3. The van der Waals surface area contributed by atoms with Gasteiger partial charge in [-0.1, -0.05) is 33.6 Å². The van der Waals surface area contributed by atoms with Gasteiger partial charge in [0, 0.05) is 19.2 Å². The summed E-state index contributed by atoms with van der Waals surface area (Å²) in [6.45, 7) is 9.60. The van der Waals surface area contributed by atoms with Gasteiger partial charge < -0.3 is 10.1 Å². The lowest BCUT2D eigenvalue weighted by atomic mass is 10.1. The Morgan fingerprint density at radius 3 is 2.47 bits per heavy atom. The zero-order valence-corrected chi connectivity index (χ0v) is 10.6. The lowest BCUT2D eigenvalue weighted by Crippen LogP contribution is -2.30. The molecule has 2 heteroatoms. The third-order valence-electron chi connectivity index (χ3n) is 3.11. The van der Waals surface area contributed by atoms with Crippen molar-refractivity contribution in [1.82, 2.24) is 5.32 Å². The normalized spacial score (nSPS) is 20.0. The summed E-state index contributed by atoms with van der Waals surface area (Å²) in [5.41, 5.74) is 0. The second-order valence-corrected chi connectivity index (χ2v) is 5.36. The van der Waals surface area contributed by atoms with Gasteiger partial charge in [0.1, 0.15) is 0 Å². The molecule has 0 bridgehead atoms. The average Bonchev–Trinajstić information content (AvgIpc) is 2.67. The predicted molar refractivity (Wildman–Crippen MR) is 65.1 cm³/mol. The highest BCUT2D eigenvalue weighted by Gasteiger charge is 2.15. The highest BCUT2D eigenvalue weighted by atomic mass is 16.5. The number of hydrogen-bond acceptors (Lipinski definition) is 2. The van der Waals surface area contributed by atoms with E-state index in [0.29, 0.717) is 12.0 Å². The van der Waals surface area contributed by atoms with Crippen molar-refractivity contribution in [3.63, 3.8) is 0 Å². The van der Waals surface area contributed by atoms with Gasteiger partial charge >= 0.3 is 0 Å². The Balaban J connectivity index is 1.93. The molecule has 1 aliphatic rings. The van der Waals surface area contributed by atoms with Crippen molar-refractivity contribution in [2.24, 2.45) is 11.8 Å². The molecule has 0 radical (unpaired) electrons. The van der Waals surface area contributed by atoms with Crippen LogP contribution < -0.4 is 5.32 Å². The number of rotatable bonds is 7. The Morgan fingerprint density at radius 1 is 1.20 bits per heavy atom. The maximum Gasteiger partial charge on any atom is 0.0503 e. The maximum absolute atomic E-state index is 5.77. The van der Waals surface area contributed by atoms with Crippen molar-refractivity contribution < 1.29 is 4.74 Å². The Labute approximate surface area is 94.8 Å². The summed E-state index contributed by atoms with van der Waals surface area (Å²) >= 11 is 0. The zero-order valence-electron chi connectivity index (χ0n) is 10.6. The Bertz CT molecular complexity index is 153. The van der Waals surface area contributed by atoms with Crippen molar-refractivity contribution >= 4 is 0 Å². The smallest absolute Gasteiger partial charge is 0.0503 e. The van der Waals surface area contributed by atoms with Gasteiger partial charge in [-0.25, -0.2) is 0 Å². The van der Waals surface area contributed by atoms with E-state index in [1.54, 1.807) is 0 Å². The van der Waals surface area contributed by atoms with Gasteiger partial charge in [0.05, 0.1) is 6.61 Å². The van der Waals surface area contributed by atoms with Gasteiger partial charge in [0.25, 0.3) is 0 Å². The fraction of sp³-hybridized carbons (Fsp3) is 1.00. The number of hydrogen-bond donors (Lipinski definition) is 1. The first-order chi connectivity index (χ1) is 7.18. The van der Waals surface area contributed by atoms with Gasteiger partial charge in [-0.2, -0.15) is 0 Å². The number of nitrogens with one attached hydrogen (secondary N) is 1. The molecule has 0 saturated heterocycles. The third kappa shape index (κ3) is 6.16. The summed E-state index contributed by atoms with van der Waals surface area (Å²) in [5, 5.41) is 3.44. The molecule has 0 aromatic heterocycles. The van der Waals surface area contributed by atoms with E-state index in [-0.39, 0.29) is 0 Å². The van der Waals surface area contributed by atoms with Crippen LogP contribution in [-0.2, 0) is 4.74 Å². The molecule has 1 atom stereocenters. The first-order valence-electron chi connectivity index (χ1n) is 6.49. The van der Waals surface area contributed by atoms with E-state index >= 15 is 0 Å². The van der Waals surface area contributed by atoms with Gasteiger partial charge in [-0.3, -0.25) is 0 Å². The van der Waals surface area contributed by atoms with Crippen molar-refractivity contribution in [3.05, 3.63) is 0 Å². The molecule has 2 nitrogen and oxygen atoms in total. The molecule has 0 aliphatic heterocycles. The summed E-state index contributed by atoms with van der Waals surface area (Å²) in [7, 11) is 0. The van der Waals surface area contributed by atoms with Crippen LogP contribution >= 0.6 is 0 Å². The molecule has 1 aliphatic carbocycles. The second kappa shape index (κ2) is 7.24. The molecule has 0 aromatic rings. The van der Waals surface area contributed by atoms with E-state index < -0.39 is 0 Å². The van der Waals surface area contributed by atoms with Crippen LogP contribution in [0.15, 0.2) is 0 Å². The molecule has 0 aromatic carbocycles.